The van der Waals surface area contributed by atoms with Crippen molar-refractivity contribution in [2.75, 3.05) is 13.1 Å². The van der Waals surface area contributed by atoms with Crippen LogP contribution in [0, 0.1) is 12.8 Å². The second-order valence-corrected chi connectivity index (χ2v) is 10.4. The van der Waals surface area contributed by atoms with Gasteiger partial charge in [0.15, 0.2) is 0 Å². The molecule has 3 rings (SSSR count). The minimum atomic E-state index is -3.77. The third-order valence-electron chi connectivity index (χ3n) is 5.75. The van der Waals surface area contributed by atoms with E-state index in [1.165, 1.54) is 5.56 Å². The average molecular weight is 444 g/mol. The zero-order valence-corrected chi connectivity index (χ0v) is 19.4. The van der Waals surface area contributed by atoms with E-state index in [2.05, 4.69) is 27.1 Å². The Morgan fingerprint density at radius 2 is 1.65 bits per heavy atom. The summed E-state index contributed by atoms with van der Waals surface area (Å²) in [5.41, 5.74) is 2.27. The average Bonchev–Trinajstić information content (AvgIpc) is 2.74. The van der Waals surface area contributed by atoms with Gasteiger partial charge in [0.05, 0.1) is 4.90 Å². The maximum atomic E-state index is 12.9. The molecule has 6 nitrogen and oxygen atoms in total. The van der Waals surface area contributed by atoms with Gasteiger partial charge in [-0.05, 0) is 43.4 Å². The molecule has 0 aromatic heterocycles. The summed E-state index contributed by atoms with van der Waals surface area (Å²) in [6.45, 7) is 8.32. The molecule has 2 N–H and O–H groups in total. The fourth-order valence-electron chi connectivity index (χ4n) is 3.81. The van der Waals surface area contributed by atoms with Gasteiger partial charge in [-0.2, -0.15) is 4.72 Å². The summed E-state index contributed by atoms with van der Waals surface area (Å²) in [5.74, 6) is -0.425. The SMILES string of the molecule is Cc1ccc(S(=O)(=O)N[C@@H](C(=O)NC2CCN(Cc3ccccc3)CC2)C(C)C)cc1. The van der Waals surface area contributed by atoms with Crippen molar-refractivity contribution in [3.05, 3.63) is 65.7 Å². The van der Waals surface area contributed by atoms with Crippen molar-refractivity contribution in [3.63, 3.8) is 0 Å². The number of aryl methyl sites for hydroxylation is 1. The Morgan fingerprint density at radius 1 is 1.03 bits per heavy atom. The van der Waals surface area contributed by atoms with Crippen molar-refractivity contribution in [1.82, 2.24) is 14.9 Å². The van der Waals surface area contributed by atoms with Crippen molar-refractivity contribution < 1.29 is 13.2 Å². The molecule has 1 saturated heterocycles. The molecule has 1 atom stereocenters. The monoisotopic (exact) mass is 443 g/mol. The number of benzene rings is 2. The number of amides is 1. The Bertz CT molecular complexity index is 951. The van der Waals surface area contributed by atoms with E-state index >= 15 is 0 Å². The van der Waals surface area contributed by atoms with E-state index in [1.807, 2.05) is 39.0 Å². The van der Waals surface area contributed by atoms with Crippen LogP contribution < -0.4 is 10.0 Å². The van der Waals surface area contributed by atoms with Gasteiger partial charge in [0.1, 0.15) is 6.04 Å². The quantitative estimate of drug-likeness (QED) is 0.657. The normalized spacial score (nSPS) is 16.9. The Kier molecular flexibility index (Phi) is 7.86. The Hall–Kier alpha value is -2.22. The Labute approximate surface area is 186 Å². The van der Waals surface area contributed by atoms with Crippen LogP contribution in [0.1, 0.15) is 37.8 Å². The fraction of sp³-hybridized carbons (Fsp3) is 0.458. The van der Waals surface area contributed by atoms with Gasteiger partial charge in [-0.15, -0.1) is 0 Å². The van der Waals surface area contributed by atoms with E-state index < -0.39 is 16.1 Å². The topological polar surface area (TPSA) is 78.5 Å². The molecule has 1 amide bonds. The van der Waals surface area contributed by atoms with Gasteiger partial charge >= 0.3 is 0 Å². The number of sulfonamides is 1. The van der Waals surface area contributed by atoms with E-state index in [0.29, 0.717) is 0 Å². The Balaban J connectivity index is 1.55. The van der Waals surface area contributed by atoms with E-state index in [1.54, 1.807) is 24.3 Å². The van der Waals surface area contributed by atoms with Gasteiger partial charge < -0.3 is 5.32 Å². The highest BCUT2D eigenvalue weighted by atomic mass is 32.2. The van der Waals surface area contributed by atoms with Crippen molar-refractivity contribution in [2.45, 2.75) is 57.1 Å². The van der Waals surface area contributed by atoms with Gasteiger partial charge in [0.25, 0.3) is 0 Å². The fourth-order valence-corrected chi connectivity index (χ4v) is 5.16. The zero-order valence-electron chi connectivity index (χ0n) is 18.5. The first-order chi connectivity index (χ1) is 14.7. The summed E-state index contributed by atoms with van der Waals surface area (Å²) < 4.78 is 28.2. The van der Waals surface area contributed by atoms with E-state index in [4.69, 9.17) is 0 Å². The number of hydrogen-bond acceptors (Lipinski definition) is 4. The third kappa shape index (κ3) is 6.63. The number of carbonyl (C=O) groups excluding carboxylic acids is 1. The highest BCUT2D eigenvalue weighted by Crippen LogP contribution is 2.16. The molecule has 0 bridgehead atoms. The van der Waals surface area contributed by atoms with Crippen LogP contribution in [-0.2, 0) is 21.4 Å². The standard InChI is InChI=1S/C24H33N3O3S/c1-18(2)23(26-31(29,30)22-11-9-19(3)10-12-22)24(28)25-21-13-15-27(16-14-21)17-20-7-5-4-6-8-20/h4-12,18,21,23,26H,13-17H2,1-3H3,(H,25,28)/t23-/m1/s1. The van der Waals surface area contributed by atoms with Crippen molar-refractivity contribution in [2.24, 2.45) is 5.92 Å². The smallest absolute Gasteiger partial charge is 0.241 e. The maximum absolute atomic E-state index is 12.9. The zero-order chi connectivity index (χ0) is 22.4. The molecular formula is C24H33N3O3S. The van der Waals surface area contributed by atoms with Crippen LogP contribution >= 0.6 is 0 Å². The van der Waals surface area contributed by atoms with Crippen molar-refractivity contribution >= 4 is 15.9 Å². The van der Waals surface area contributed by atoms with Crippen molar-refractivity contribution in [3.8, 4) is 0 Å². The molecule has 0 unspecified atom stereocenters. The molecule has 31 heavy (non-hydrogen) atoms. The van der Waals surface area contributed by atoms with E-state index in [0.717, 1.165) is 38.0 Å². The largest absolute Gasteiger partial charge is 0.352 e. The molecule has 7 heteroatoms. The van der Waals surface area contributed by atoms with Gasteiger partial charge in [-0.1, -0.05) is 61.9 Å². The molecule has 2 aromatic carbocycles. The molecule has 1 fully saturated rings. The molecular weight excluding hydrogens is 410 g/mol. The number of carbonyl (C=O) groups is 1. The molecule has 0 spiro atoms. The highest BCUT2D eigenvalue weighted by molar-refractivity contribution is 7.89. The first-order valence-corrected chi connectivity index (χ1v) is 12.4. The summed E-state index contributed by atoms with van der Waals surface area (Å²) in [6, 6.07) is 16.2. The number of piperidine rings is 1. The van der Waals surface area contributed by atoms with Crippen LogP contribution in [-0.4, -0.2) is 44.4 Å². The first-order valence-electron chi connectivity index (χ1n) is 10.9. The first kappa shape index (κ1) is 23.4. The molecule has 0 saturated carbocycles. The molecule has 0 aliphatic carbocycles. The van der Waals surface area contributed by atoms with E-state index in [9.17, 15) is 13.2 Å². The van der Waals surface area contributed by atoms with Gasteiger partial charge in [0, 0.05) is 25.7 Å². The predicted molar refractivity (Wildman–Crippen MR) is 123 cm³/mol. The molecule has 1 aliphatic heterocycles. The van der Waals surface area contributed by atoms with Crippen LogP contribution in [0.3, 0.4) is 0 Å². The third-order valence-corrected chi connectivity index (χ3v) is 7.20. The van der Waals surface area contributed by atoms with Crippen LogP contribution in [0.25, 0.3) is 0 Å². The number of likely N-dealkylation sites (tertiary alicyclic amines) is 1. The van der Waals surface area contributed by atoms with Crippen LogP contribution in [0.5, 0.6) is 0 Å². The number of hydrogen-bond donors (Lipinski definition) is 2. The summed E-state index contributed by atoms with van der Waals surface area (Å²) in [5, 5.41) is 3.08. The van der Waals surface area contributed by atoms with Crippen LogP contribution in [0.15, 0.2) is 59.5 Å². The molecule has 168 valence electrons. The number of nitrogens with one attached hydrogen (secondary N) is 2. The molecule has 1 heterocycles. The van der Waals surface area contributed by atoms with E-state index in [-0.39, 0.29) is 22.8 Å². The minimum Gasteiger partial charge on any atom is -0.352 e. The van der Waals surface area contributed by atoms with Crippen LogP contribution in [0.2, 0.25) is 0 Å². The number of rotatable bonds is 8. The molecule has 2 aromatic rings. The summed E-state index contributed by atoms with van der Waals surface area (Å²) in [7, 11) is -3.77. The van der Waals surface area contributed by atoms with Gasteiger partial charge in [0.2, 0.25) is 15.9 Å². The summed E-state index contributed by atoms with van der Waals surface area (Å²) >= 11 is 0. The Morgan fingerprint density at radius 3 is 2.23 bits per heavy atom. The second kappa shape index (κ2) is 10.4. The van der Waals surface area contributed by atoms with Crippen molar-refractivity contribution in [1.29, 1.82) is 0 Å². The lowest BCUT2D eigenvalue weighted by atomic mass is 10.0. The lowest BCUT2D eigenvalue weighted by Gasteiger charge is -2.33. The predicted octanol–water partition coefficient (Wildman–Crippen LogP) is 3.08. The highest BCUT2D eigenvalue weighted by Gasteiger charge is 2.30. The minimum absolute atomic E-state index is 0.0599. The summed E-state index contributed by atoms with van der Waals surface area (Å²) in [4.78, 5) is 15.5. The lowest BCUT2D eigenvalue weighted by molar-refractivity contribution is -0.124. The second-order valence-electron chi connectivity index (χ2n) is 8.70. The van der Waals surface area contributed by atoms with Gasteiger partial charge in [-0.25, -0.2) is 8.42 Å². The van der Waals surface area contributed by atoms with Crippen LogP contribution in [0.4, 0.5) is 0 Å². The summed E-state index contributed by atoms with van der Waals surface area (Å²) in [6.07, 6.45) is 1.71. The lowest BCUT2D eigenvalue weighted by Crippen LogP contribution is -2.53. The number of nitrogens with zero attached hydrogens (tertiary/aromatic N) is 1. The molecule has 1 aliphatic rings. The molecule has 0 radical (unpaired) electrons. The maximum Gasteiger partial charge on any atom is 0.241 e. The van der Waals surface area contributed by atoms with Gasteiger partial charge in [-0.3, -0.25) is 9.69 Å².